The molecule has 2 aromatic carbocycles. The first-order chi connectivity index (χ1) is 10.2. The lowest BCUT2D eigenvalue weighted by Gasteiger charge is -1.96. The van der Waals surface area contributed by atoms with E-state index in [4.69, 9.17) is 5.26 Å². The Hall–Kier alpha value is -3.06. The maximum Gasteiger partial charge on any atom is 0.198 e. The normalized spacial score (nSPS) is 11.0. The van der Waals surface area contributed by atoms with Crippen molar-refractivity contribution in [3.05, 3.63) is 59.2 Å². The van der Waals surface area contributed by atoms with Crippen LogP contribution in [0.15, 0.2) is 47.5 Å². The number of aliphatic imine (C=N–C) groups is 1. The van der Waals surface area contributed by atoms with Gasteiger partial charge in [-0.2, -0.15) is 5.26 Å². The second kappa shape index (κ2) is 5.14. The molecule has 0 aliphatic heterocycles. The summed E-state index contributed by atoms with van der Waals surface area (Å²) in [7, 11) is 0. The van der Waals surface area contributed by atoms with Gasteiger partial charge in [-0.1, -0.05) is 17.7 Å². The molecular weight excluding hydrogens is 262 g/mol. The Morgan fingerprint density at radius 3 is 2.90 bits per heavy atom. The molecule has 0 bridgehead atoms. The van der Waals surface area contributed by atoms with E-state index in [1.807, 2.05) is 31.2 Å². The fourth-order valence-corrected chi connectivity index (χ4v) is 2.24. The third kappa shape index (κ3) is 2.49. The number of rotatable bonds is 2. The largest absolute Gasteiger partial charge is 0.494 e. The number of fused-ring (bicyclic) bond motifs is 1. The number of hydrogen-bond acceptors (Lipinski definition) is 3. The van der Waals surface area contributed by atoms with Gasteiger partial charge in [0.1, 0.15) is 0 Å². The van der Waals surface area contributed by atoms with E-state index in [9.17, 15) is 5.11 Å². The predicted molar refractivity (Wildman–Crippen MR) is 83.1 cm³/mol. The highest BCUT2D eigenvalue weighted by molar-refractivity contribution is 6.02. The monoisotopic (exact) mass is 275 g/mol. The van der Waals surface area contributed by atoms with Crippen molar-refractivity contribution in [2.45, 2.75) is 6.92 Å². The number of nitriles is 1. The average Bonchev–Trinajstić information content (AvgIpc) is 2.80. The van der Waals surface area contributed by atoms with Crippen LogP contribution in [0.2, 0.25) is 0 Å². The number of aromatic amines is 1. The van der Waals surface area contributed by atoms with Gasteiger partial charge in [0.2, 0.25) is 0 Å². The van der Waals surface area contributed by atoms with E-state index in [0.717, 1.165) is 16.5 Å². The Morgan fingerprint density at radius 2 is 2.10 bits per heavy atom. The smallest absolute Gasteiger partial charge is 0.198 e. The molecule has 0 radical (unpaired) electrons. The first kappa shape index (κ1) is 12.9. The molecule has 102 valence electrons. The SMILES string of the molecule is Cc1ccc2[nH]c(O)c(C=Nc3cccc(C#N)c3)c2c1. The number of nitrogens with zero attached hydrogens (tertiary/aromatic N) is 2. The van der Waals surface area contributed by atoms with E-state index in [1.165, 1.54) is 0 Å². The molecule has 21 heavy (non-hydrogen) atoms. The molecular formula is C17H13N3O. The molecule has 4 nitrogen and oxygen atoms in total. The lowest BCUT2D eigenvalue weighted by Crippen LogP contribution is -1.80. The van der Waals surface area contributed by atoms with Gasteiger partial charge in [0.15, 0.2) is 5.88 Å². The number of H-pyrrole nitrogens is 1. The Labute approximate surface area is 122 Å². The molecule has 4 heteroatoms. The average molecular weight is 275 g/mol. The molecule has 0 unspecified atom stereocenters. The standard InChI is InChI=1S/C17H13N3O/c1-11-5-6-16-14(7-11)15(17(21)20-16)10-19-13-4-2-3-12(8-13)9-18/h2-8,10,20-21H,1H3. The summed E-state index contributed by atoms with van der Waals surface area (Å²) in [4.78, 5) is 7.27. The molecule has 0 spiro atoms. The molecule has 0 amide bonds. The molecule has 0 saturated carbocycles. The van der Waals surface area contributed by atoms with Gasteiger partial charge in [0.05, 0.1) is 22.9 Å². The zero-order valence-corrected chi connectivity index (χ0v) is 11.5. The van der Waals surface area contributed by atoms with Crippen LogP contribution in [-0.2, 0) is 0 Å². The van der Waals surface area contributed by atoms with Gasteiger partial charge in [-0.05, 0) is 37.3 Å². The first-order valence-corrected chi connectivity index (χ1v) is 6.53. The van der Waals surface area contributed by atoms with Gasteiger partial charge >= 0.3 is 0 Å². The van der Waals surface area contributed by atoms with Crippen LogP contribution < -0.4 is 0 Å². The van der Waals surface area contributed by atoms with E-state index in [2.05, 4.69) is 16.0 Å². The quantitative estimate of drug-likeness (QED) is 0.698. The van der Waals surface area contributed by atoms with Crippen LogP contribution in [-0.4, -0.2) is 16.3 Å². The lowest BCUT2D eigenvalue weighted by molar-refractivity contribution is 0.457. The van der Waals surface area contributed by atoms with Crippen LogP contribution in [0.5, 0.6) is 5.88 Å². The van der Waals surface area contributed by atoms with Gasteiger partial charge < -0.3 is 10.1 Å². The second-order valence-corrected chi connectivity index (χ2v) is 4.86. The summed E-state index contributed by atoms with van der Waals surface area (Å²) in [6.07, 6.45) is 1.62. The van der Waals surface area contributed by atoms with Crippen LogP contribution in [0.25, 0.3) is 10.9 Å². The Morgan fingerprint density at radius 1 is 1.24 bits per heavy atom. The summed E-state index contributed by atoms with van der Waals surface area (Å²) < 4.78 is 0. The summed E-state index contributed by atoms with van der Waals surface area (Å²) in [6.45, 7) is 2.00. The fraction of sp³-hybridized carbons (Fsp3) is 0.0588. The van der Waals surface area contributed by atoms with Gasteiger partial charge in [-0.3, -0.25) is 4.99 Å². The minimum absolute atomic E-state index is 0.0933. The highest BCUT2D eigenvalue weighted by atomic mass is 16.3. The lowest BCUT2D eigenvalue weighted by atomic mass is 10.1. The molecule has 0 saturated heterocycles. The van der Waals surface area contributed by atoms with E-state index in [1.54, 1.807) is 24.4 Å². The van der Waals surface area contributed by atoms with Crippen LogP contribution in [0.3, 0.4) is 0 Å². The van der Waals surface area contributed by atoms with E-state index >= 15 is 0 Å². The molecule has 2 N–H and O–H groups in total. The van der Waals surface area contributed by atoms with Gasteiger partial charge in [0.25, 0.3) is 0 Å². The van der Waals surface area contributed by atoms with Crippen LogP contribution >= 0.6 is 0 Å². The molecule has 3 aromatic rings. The molecule has 0 atom stereocenters. The number of aryl methyl sites for hydroxylation is 1. The zero-order chi connectivity index (χ0) is 14.8. The van der Waals surface area contributed by atoms with Gasteiger partial charge in [0, 0.05) is 17.1 Å². The summed E-state index contributed by atoms with van der Waals surface area (Å²) in [5.41, 5.74) is 3.86. The summed E-state index contributed by atoms with van der Waals surface area (Å²) in [5, 5.41) is 19.8. The van der Waals surface area contributed by atoms with E-state index in [0.29, 0.717) is 16.8 Å². The highest BCUT2D eigenvalue weighted by Gasteiger charge is 2.08. The molecule has 1 heterocycles. The van der Waals surface area contributed by atoms with Crippen LogP contribution in [0.1, 0.15) is 16.7 Å². The predicted octanol–water partition coefficient (Wildman–Crippen LogP) is 3.80. The number of benzene rings is 2. The Bertz CT molecular complexity index is 885. The zero-order valence-electron chi connectivity index (χ0n) is 11.5. The van der Waals surface area contributed by atoms with Crippen LogP contribution in [0.4, 0.5) is 5.69 Å². The third-order valence-electron chi connectivity index (χ3n) is 3.29. The topological polar surface area (TPSA) is 72.2 Å². The second-order valence-electron chi connectivity index (χ2n) is 4.86. The van der Waals surface area contributed by atoms with Gasteiger partial charge in [-0.15, -0.1) is 0 Å². The maximum atomic E-state index is 10.0. The number of hydrogen-bond donors (Lipinski definition) is 2. The minimum atomic E-state index is 0.0933. The van der Waals surface area contributed by atoms with Crippen molar-refractivity contribution in [2.75, 3.05) is 0 Å². The minimum Gasteiger partial charge on any atom is -0.494 e. The number of nitrogens with one attached hydrogen (secondary N) is 1. The number of aromatic nitrogens is 1. The molecule has 0 aliphatic carbocycles. The Balaban J connectivity index is 2.05. The molecule has 3 rings (SSSR count). The molecule has 1 aromatic heterocycles. The molecule has 0 fully saturated rings. The van der Waals surface area contributed by atoms with E-state index in [-0.39, 0.29) is 5.88 Å². The van der Waals surface area contributed by atoms with Crippen molar-refractivity contribution in [2.24, 2.45) is 4.99 Å². The van der Waals surface area contributed by atoms with Gasteiger partial charge in [-0.25, -0.2) is 0 Å². The van der Waals surface area contributed by atoms with Crippen molar-refractivity contribution < 1.29 is 5.11 Å². The van der Waals surface area contributed by atoms with Crippen molar-refractivity contribution in [3.63, 3.8) is 0 Å². The van der Waals surface area contributed by atoms with Crippen molar-refractivity contribution in [1.29, 1.82) is 5.26 Å². The maximum absolute atomic E-state index is 10.0. The third-order valence-corrected chi connectivity index (χ3v) is 3.29. The Kier molecular flexibility index (Phi) is 3.17. The first-order valence-electron chi connectivity index (χ1n) is 6.53. The summed E-state index contributed by atoms with van der Waals surface area (Å²) in [6, 6.07) is 15.0. The highest BCUT2D eigenvalue weighted by Crippen LogP contribution is 2.27. The van der Waals surface area contributed by atoms with Crippen molar-refractivity contribution >= 4 is 22.8 Å². The van der Waals surface area contributed by atoms with Crippen molar-refractivity contribution in [1.82, 2.24) is 4.98 Å². The fourth-order valence-electron chi connectivity index (χ4n) is 2.24. The van der Waals surface area contributed by atoms with E-state index < -0.39 is 0 Å². The van der Waals surface area contributed by atoms with Crippen molar-refractivity contribution in [3.8, 4) is 11.9 Å². The van der Waals surface area contributed by atoms with Crippen LogP contribution in [0, 0.1) is 18.3 Å². The molecule has 0 aliphatic rings. The summed E-state index contributed by atoms with van der Waals surface area (Å²) in [5.74, 6) is 0.0933. The summed E-state index contributed by atoms with van der Waals surface area (Å²) >= 11 is 0. The number of aromatic hydroxyl groups is 1.